The van der Waals surface area contributed by atoms with Crippen molar-refractivity contribution in [3.63, 3.8) is 0 Å². The molecular formula is C16H21FN2O2. The van der Waals surface area contributed by atoms with Gasteiger partial charge in [-0.25, -0.2) is 4.39 Å². The molecule has 1 aromatic heterocycles. The number of nitrogens with one attached hydrogen (secondary N) is 2. The molecule has 5 heteroatoms. The number of amides is 1. The third kappa shape index (κ3) is 3.61. The van der Waals surface area contributed by atoms with Crippen LogP contribution >= 0.6 is 0 Å². The van der Waals surface area contributed by atoms with Crippen LogP contribution < -0.4 is 5.32 Å². The maximum atomic E-state index is 13.1. The Balaban J connectivity index is 2.02. The van der Waals surface area contributed by atoms with Crippen molar-refractivity contribution in [2.75, 3.05) is 6.54 Å². The van der Waals surface area contributed by atoms with E-state index in [2.05, 4.69) is 10.3 Å². The summed E-state index contributed by atoms with van der Waals surface area (Å²) in [5.74, 6) is -0.427. The zero-order valence-electron chi connectivity index (χ0n) is 12.5. The lowest BCUT2D eigenvalue weighted by molar-refractivity contribution is -0.122. The highest BCUT2D eigenvalue weighted by atomic mass is 19.1. The molecule has 1 atom stereocenters. The lowest BCUT2D eigenvalue weighted by atomic mass is 9.92. The number of carbonyl (C=O) groups excluding carboxylic acids is 1. The number of aromatic nitrogens is 1. The second-order valence-electron chi connectivity index (χ2n) is 5.97. The SMILES string of the molecule is CC(C)C(C)(O)CNC(=O)Cc1c[nH]c2cc(F)ccc12. The maximum Gasteiger partial charge on any atom is 0.224 e. The van der Waals surface area contributed by atoms with Gasteiger partial charge in [-0.1, -0.05) is 13.8 Å². The summed E-state index contributed by atoms with van der Waals surface area (Å²) in [6.45, 7) is 5.72. The summed E-state index contributed by atoms with van der Waals surface area (Å²) in [5, 5.41) is 13.7. The zero-order chi connectivity index (χ0) is 15.6. The minimum Gasteiger partial charge on any atom is -0.388 e. The zero-order valence-corrected chi connectivity index (χ0v) is 12.5. The number of hydrogen-bond donors (Lipinski definition) is 3. The topological polar surface area (TPSA) is 65.1 Å². The van der Waals surface area contributed by atoms with Crippen LogP contribution in [-0.4, -0.2) is 28.1 Å². The largest absolute Gasteiger partial charge is 0.388 e. The van der Waals surface area contributed by atoms with Gasteiger partial charge in [-0.2, -0.15) is 0 Å². The highest BCUT2D eigenvalue weighted by Gasteiger charge is 2.25. The fourth-order valence-electron chi connectivity index (χ4n) is 2.02. The molecular weight excluding hydrogens is 271 g/mol. The number of rotatable bonds is 5. The van der Waals surface area contributed by atoms with Crippen LogP contribution in [0, 0.1) is 11.7 Å². The van der Waals surface area contributed by atoms with E-state index >= 15 is 0 Å². The monoisotopic (exact) mass is 292 g/mol. The van der Waals surface area contributed by atoms with Crippen LogP contribution in [0.5, 0.6) is 0 Å². The van der Waals surface area contributed by atoms with Gasteiger partial charge in [-0.05, 0) is 36.6 Å². The summed E-state index contributed by atoms with van der Waals surface area (Å²) in [5.41, 5.74) is 0.553. The number of benzene rings is 1. The molecule has 0 aliphatic carbocycles. The van der Waals surface area contributed by atoms with E-state index in [1.165, 1.54) is 12.1 Å². The molecule has 3 N–H and O–H groups in total. The van der Waals surface area contributed by atoms with Crippen molar-refractivity contribution < 1.29 is 14.3 Å². The van der Waals surface area contributed by atoms with E-state index in [4.69, 9.17) is 0 Å². The fourth-order valence-corrected chi connectivity index (χ4v) is 2.02. The Morgan fingerprint density at radius 3 is 2.86 bits per heavy atom. The average Bonchev–Trinajstić information content (AvgIpc) is 2.78. The van der Waals surface area contributed by atoms with E-state index in [0.29, 0.717) is 5.52 Å². The predicted molar refractivity (Wildman–Crippen MR) is 80.4 cm³/mol. The molecule has 1 heterocycles. The number of H-pyrrole nitrogens is 1. The Morgan fingerprint density at radius 1 is 1.48 bits per heavy atom. The molecule has 114 valence electrons. The normalized spacial score (nSPS) is 14.4. The first-order valence-corrected chi connectivity index (χ1v) is 7.04. The van der Waals surface area contributed by atoms with Gasteiger partial charge in [0.1, 0.15) is 5.82 Å². The smallest absolute Gasteiger partial charge is 0.224 e. The Labute approximate surface area is 123 Å². The van der Waals surface area contributed by atoms with Gasteiger partial charge < -0.3 is 15.4 Å². The molecule has 0 aliphatic heterocycles. The van der Waals surface area contributed by atoms with E-state index in [1.807, 2.05) is 13.8 Å². The van der Waals surface area contributed by atoms with Gasteiger partial charge in [0, 0.05) is 23.6 Å². The van der Waals surface area contributed by atoms with Crippen molar-refractivity contribution in [2.45, 2.75) is 32.8 Å². The van der Waals surface area contributed by atoms with E-state index in [0.717, 1.165) is 10.9 Å². The van der Waals surface area contributed by atoms with Gasteiger partial charge in [0.15, 0.2) is 0 Å². The van der Waals surface area contributed by atoms with Gasteiger partial charge in [-0.3, -0.25) is 4.79 Å². The van der Waals surface area contributed by atoms with E-state index in [9.17, 15) is 14.3 Å². The third-order valence-electron chi connectivity index (χ3n) is 3.97. The Kier molecular flexibility index (Phi) is 4.32. The van der Waals surface area contributed by atoms with Gasteiger partial charge in [0.2, 0.25) is 5.91 Å². The summed E-state index contributed by atoms with van der Waals surface area (Å²) in [4.78, 5) is 14.9. The number of aromatic amines is 1. The molecule has 2 rings (SSSR count). The second kappa shape index (κ2) is 5.85. The van der Waals surface area contributed by atoms with Crippen LogP contribution in [0.25, 0.3) is 10.9 Å². The Morgan fingerprint density at radius 2 is 2.19 bits per heavy atom. The van der Waals surface area contributed by atoms with E-state index in [-0.39, 0.29) is 30.6 Å². The molecule has 0 saturated heterocycles. The standard InChI is InChI=1S/C16H21FN2O2/c1-10(2)16(3,21)9-19-15(20)6-11-8-18-14-7-12(17)4-5-13(11)14/h4-5,7-8,10,18,21H,6,9H2,1-3H3,(H,19,20). The van der Waals surface area contributed by atoms with Gasteiger partial charge >= 0.3 is 0 Å². The lowest BCUT2D eigenvalue weighted by Crippen LogP contribution is -2.44. The number of aliphatic hydroxyl groups is 1. The first-order chi connectivity index (χ1) is 9.79. The molecule has 0 spiro atoms. The maximum absolute atomic E-state index is 13.1. The third-order valence-corrected chi connectivity index (χ3v) is 3.97. The van der Waals surface area contributed by atoms with Crippen LogP contribution in [0.4, 0.5) is 4.39 Å². The number of carbonyl (C=O) groups is 1. The molecule has 0 bridgehead atoms. The van der Waals surface area contributed by atoms with Crippen molar-refractivity contribution in [3.8, 4) is 0 Å². The van der Waals surface area contributed by atoms with Crippen molar-refractivity contribution in [3.05, 3.63) is 35.8 Å². The Hall–Kier alpha value is -1.88. The van der Waals surface area contributed by atoms with Crippen molar-refractivity contribution in [1.82, 2.24) is 10.3 Å². The summed E-state index contributed by atoms with van der Waals surface area (Å²) < 4.78 is 13.1. The summed E-state index contributed by atoms with van der Waals surface area (Å²) in [6, 6.07) is 4.44. The van der Waals surface area contributed by atoms with Crippen LogP contribution in [0.3, 0.4) is 0 Å². The number of halogens is 1. The second-order valence-corrected chi connectivity index (χ2v) is 5.97. The van der Waals surface area contributed by atoms with E-state index < -0.39 is 5.60 Å². The molecule has 4 nitrogen and oxygen atoms in total. The van der Waals surface area contributed by atoms with Crippen LogP contribution in [0.1, 0.15) is 26.3 Å². The number of fused-ring (bicyclic) bond motifs is 1. The highest BCUT2D eigenvalue weighted by Crippen LogP contribution is 2.20. The van der Waals surface area contributed by atoms with Crippen molar-refractivity contribution in [1.29, 1.82) is 0 Å². The molecule has 0 fully saturated rings. The van der Waals surface area contributed by atoms with Crippen LogP contribution in [0.2, 0.25) is 0 Å². The minimum absolute atomic E-state index is 0.0499. The first-order valence-electron chi connectivity index (χ1n) is 7.04. The molecule has 1 aromatic carbocycles. The summed E-state index contributed by atoms with van der Waals surface area (Å²) >= 11 is 0. The minimum atomic E-state index is -0.932. The first kappa shape index (κ1) is 15.5. The predicted octanol–water partition coefficient (Wildman–Crippen LogP) is 2.37. The average molecular weight is 292 g/mol. The molecule has 0 aliphatic rings. The molecule has 1 unspecified atom stereocenters. The van der Waals surface area contributed by atoms with Gasteiger partial charge in [0.05, 0.1) is 12.0 Å². The van der Waals surface area contributed by atoms with Crippen LogP contribution in [-0.2, 0) is 11.2 Å². The molecule has 21 heavy (non-hydrogen) atoms. The van der Waals surface area contributed by atoms with Gasteiger partial charge in [-0.15, -0.1) is 0 Å². The van der Waals surface area contributed by atoms with Crippen molar-refractivity contribution in [2.24, 2.45) is 5.92 Å². The Bertz CT molecular complexity index is 647. The molecule has 0 radical (unpaired) electrons. The highest BCUT2D eigenvalue weighted by molar-refractivity contribution is 5.88. The quantitative estimate of drug-likeness (QED) is 0.792. The van der Waals surface area contributed by atoms with Crippen molar-refractivity contribution >= 4 is 16.8 Å². The lowest BCUT2D eigenvalue weighted by Gasteiger charge is -2.27. The fraction of sp³-hybridized carbons (Fsp3) is 0.438. The molecule has 0 saturated carbocycles. The molecule has 2 aromatic rings. The number of hydrogen-bond acceptors (Lipinski definition) is 2. The van der Waals surface area contributed by atoms with Gasteiger partial charge in [0.25, 0.3) is 0 Å². The summed E-state index contributed by atoms with van der Waals surface area (Å²) in [6.07, 6.45) is 1.91. The molecule has 1 amide bonds. The van der Waals surface area contributed by atoms with E-state index in [1.54, 1.807) is 19.2 Å². The summed E-state index contributed by atoms with van der Waals surface area (Å²) in [7, 11) is 0. The van der Waals surface area contributed by atoms with Crippen LogP contribution in [0.15, 0.2) is 24.4 Å².